The highest BCUT2D eigenvalue weighted by Crippen LogP contribution is 2.45. The molecule has 0 aliphatic carbocycles. The number of fused-ring (bicyclic) bond motifs is 1. The lowest BCUT2D eigenvalue weighted by Gasteiger charge is -2.49. The number of methoxy groups -OCH3 is 1. The van der Waals surface area contributed by atoms with Crippen LogP contribution in [0.5, 0.6) is 5.75 Å². The van der Waals surface area contributed by atoms with Gasteiger partial charge in [0.15, 0.2) is 12.0 Å². The van der Waals surface area contributed by atoms with Crippen molar-refractivity contribution in [2.24, 2.45) is 17.1 Å². The van der Waals surface area contributed by atoms with E-state index in [1.165, 1.54) is 25.3 Å². The number of carboxylic acid groups (broad SMARTS) is 1. The second-order valence-electron chi connectivity index (χ2n) is 13.2. The van der Waals surface area contributed by atoms with Crippen LogP contribution in [0.3, 0.4) is 0 Å². The van der Waals surface area contributed by atoms with E-state index in [1.54, 1.807) is 32.0 Å². The highest BCUT2D eigenvalue weighted by Gasteiger charge is 2.58. The van der Waals surface area contributed by atoms with E-state index in [9.17, 15) is 29.1 Å². The fourth-order valence-electron chi connectivity index (χ4n) is 5.93. The van der Waals surface area contributed by atoms with Gasteiger partial charge in [-0.2, -0.15) is 0 Å². The summed E-state index contributed by atoms with van der Waals surface area (Å²) < 4.78 is 22.7. The number of nitrogens with zero attached hydrogens (tertiary/aromatic N) is 1. The summed E-state index contributed by atoms with van der Waals surface area (Å²) in [5.74, 6) is -6.59. The van der Waals surface area contributed by atoms with Crippen molar-refractivity contribution in [2.45, 2.75) is 57.8 Å². The molecule has 1 saturated heterocycles. The Morgan fingerprint density at radius 1 is 1.00 bits per heavy atom. The highest BCUT2D eigenvalue weighted by molar-refractivity contribution is 6.01. The Kier molecular flexibility index (Phi) is 12.2. The standard InChI is InChI=1S/C36H46N4O10/c1-35(2)21-48-36(50-31(35)34(45)46,23-10-13-25(47-5)14-11-23)30(32(37)43)33(44)39-17-9-7-6-8-16-38-28(41)18-22-19-29(42)49-27-20-24(40(3)4)12-15-26(22)27/h10-15,19-20,30-31H,6-9,16-18,21H2,1-5H3,(H2,37,43)(H,38,41)(H,39,44)(H,45,46). The van der Waals surface area contributed by atoms with Crippen LogP contribution in [0.1, 0.15) is 50.7 Å². The molecule has 0 radical (unpaired) electrons. The summed E-state index contributed by atoms with van der Waals surface area (Å²) in [5, 5.41) is 16.3. The number of anilines is 1. The van der Waals surface area contributed by atoms with E-state index in [1.807, 2.05) is 31.1 Å². The Morgan fingerprint density at radius 2 is 1.66 bits per heavy atom. The SMILES string of the molecule is COc1ccc(C2(C(C(N)=O)C(=O)NCCCCCCNC(=O)Cc3cc(=O)oc4cc(N(C)C)ccc34)OCC(C)(C)C(C(=O)O)O2)cc1. The maximum atomic E-state index is 13.5. The van der Waals surface area contributed by atoms with Gasteiger partial charge in [0, 0.05) is 61.4 Å². The van der Waals surface area contributed by atoms with Gasteiger partial charge in [0.25, 0.3) is 0 Å². The minimum atomic E-state index is -2.09. The quantitative estimate of drug-likeness (QED) is 0.0977. The first-order valence-electron chi connectivity index (χ1n) is 16.5. The smallest absolute Gasteiger partial charge is 0.336 e. The summed E-state index contributed by atoms with van der Waals surface area (Å²) in [4.78, 5) is 65.2. The van der Waals surface area contributed by atoms with E-state index in [-0.39, 0.29) is 31.0 Å². The molecular formula is C36H46N4O10. The molecule has 3 unspecified atom stereocenters. The molecule has 0 spiro atoms. The molecule has 4 rings (SSSR count). The summed E-state index contributed by atoms with van der Waals surface area (Å²) in [7, 11) is 5.25. The molecular weight excluding hydrogens is 648 g/mol. The van der Waals surface area contributed by atoms with Crippen molar-refractivity contribution in [1.29, 1.82) is 0 Å². The molecule has 3 amide bonds. The van der Waals surface area contributed by atoms with Gasteiger partial charge in [-0.25, -0.2) is 9.59 Å². The Morgan fingerprint density at radius 3 is 2.26 bits per heavy atom. The van der Waals surface area contributed by atoms with Gasteiger partial charge >= 0.3 is 11.6 Å². The van der Waals surface area contributed by atoms with Crippen molar-refractivity contribution in [3.63, 3.8) is 0 Å². The number of primary amides is 1. The minimum absolute atomic E-state index is 0.0344. The molecule has 1 aromatic heterocycles. The van der Waals surface area contributed by atoms with Gasteiger partial charge in [-0.3, -0.25) is 14.4 Å². The largest absolute Gasteiger partial charge is 0.497 e. The number of nitrogens with two attached hydrogens (primary N) is 1. The van der Waals surface area contributed by atoms with E-state index in [2.05, 4.69) is 10.6 Å². The number of aliphatic carboxylic acids is 1. The number of nitrogens with one attached hydrogen (secondary N) is 2. The molecule has 1 aliphatic rings. The second-order valence-corrected chi connectivity index (χ2v) is 13.2. The van der Waals surface area contributed by atoms with Crippen LogP contribution in [-0.4, -0.2) is 75.8 Å². The third-order valence-electron chi connectivity index (χ3n) is 8.71. The maximum Gasteiger partial charge on any atom is 0.336 e. The van der Waals surface area contributed by atoms with Crippen molar-refractivity contribution in [3.8, 4) is 5.75 Å². The molecule has 50 heavy (non-hydrogen) atoms. The molecule has 3 aromatic rings. The van der Waals surface area contributed by atoms with Crippen LogP contribution < -0.4 is 31.6 Å². The van der Waals surface area contributed by atoms with Crippen LogP contribution >= 0.6 is 0 Å². The number of carboxylic acids is 1. The van der Waals surface area contributed by atoms with Crippen molar-refractivity contribution >= 4 is 40.3 Å². The highest BCUT2D eigenvalue weighted by atomic mass is 16.7. The van der Waals surface area contributed by atoms with E-state index in [4.69, 9.17) is 24.4 Å². The van der Waals surface area contributed by atoms with Gasteiger partial charge in [-0.15, -0.1) is 0 Å². The van der Waals surface area contributed by atoms with Crippen LogP contribution in [0.4, 0.5) is 5.69 Å². The predicted molar refractivity (Wildman–Crippen MR) is 185 cm³/mol. The van der Waals surface area contributed by atoms with Gasteiger partial charge in [-0.05, 0) is 54.8 Å². The Hall–Kier alpha value is -4.95. The summed E-state index contributed by atoms with van der Waals surface area (Å²) in [6, 6.07) is 13.1. The second kappa shape index (κ2) is 16.2. The maximum absolute atomic E-state index is 13.5. The number of carbonyl (C=O) groups is 4. The number of hydrogen-bond acceptors (Lipinski definition) is 10. The van der Waals surface area contributed by atoms with Crippen molar-refractivity contribution in [1.82, 2.24) is 10.6 Å². The first kappa shape index (κ1) is 37.9. The summed E-state index contributed by atoms with van der Waals surface area (Å²) in [6.07, 6.45) is 1.33. The van der Waals surface area contributed by atoms with Gasteiger partial charge in [0.05, 0.1) is 20.1 Å². The molecule has 2 heterocycles. The van der Waals surface area contributed by atoms with Crippen LogP contribution in [0.25, 0.3) is 11.0 Å². The molecule has 0 bridgehead atoms. The monoisotopic (exact) mass is 694 g/mol. The number of carbonyl (C=O) groups excluding carboxylic acids is 3. The lowest BCUT2D eigenvalue weighted by molar-refractivity contribution is -0.345. The van der Waals surface area contributed by atoms with Crippen molar-refractivity contribution < 1.29 is 42.9 Å². The van der Waals surface area contributed by atoms with Crippen LogP contribution in [0.15, 0.2) is 57.7 Å². The number of amides is 3. The molecule has 270 valence electrons. The van der Waals surface area contributed by atoms with Crippen molar-refractivity contribution in [2.75, 3.05) is 45.8 Å². The molecule has 14 heteroatoms. The fraction of sp³-hybridized carbons (Fsp3) is 0.472. The Labute approximate surface area is 290 Å². The van der Waals surface area contributed by atoms with Gasteiger partial charge in [0.1, 0.15) is 11.3 Å². The number of unbranched alkanes of at least 4 members (excludes halogenated alkanes) is 3. The topological polar surface area (TPSA) is 200 Å². The lowest BCUT2D eigenvalue weighted by Crippen LogP contribution is -2.62. The minimum Gasteiger partial charge on any atom is -0.497 e. The summed E-state index contributed by atoms with van der Waals surface area (Å²) in [5.41, 5.74) is 6.39. The van der Waals surface area contributed by atoms with E-state index >= 15 is 0 Å². The zero-order valence-corrected chi connectivity index (χ0v) is 29.1. The molecule has 3 atom stereocenters. The number of rotatable bonds is 16. The van der Waals surface area contributed by atoms with Crippen LogP contribution in [0, 0.1) is 11.3 Å². The number of hydrogen-bond donors (Lipinski definition) is 4. The van der Waals surface area contributed by atoms with Crippen LogP contribution in [-0.2, 0) is 40.9 Å². The first-order valence-corrected chi connectivity index (χ1v) is 16.5. The molecule has 1 fully saturated rings. The zero-order chi connectivity index (χ0) is 36.6. The Bertz CT molecular complexity index is 1750. The van der Waals surface area contributed by atoms with Gasteiger partial charge < -0.3 is 45.0 Å². The molecule has 5 N–H and O–H groups in total. The van der Waals surface area contributed by atoms with Crippen LogP contribution in [0.2, 0.25) is 0 Å². The third-order valence-corrected chi connectivity index (χ3v) is 8.71. The molecule has 14 nitrogen and oxygen atoms in total. The average molecular weight is 695 g/mol. The number of ether oxygens (including phenoxy) is 3. The lowest BCUT2D eigenvalue weighted by atomic mass is 9.82. The van der Waals surface area contributed by atoms with Gasteiger partial charge in [0.2, 0.25) is 23.5 Å². The summed E-state index contributed by atoms with van der Waals surface area (Å²) in [6.45, 7) is 3.82. The van der Waals surface area contributed by atoms with E-state index in [0.29, 0.717) is 48.1 Å². The first-order chi connectivity index (χ1) is 23.7. The predicted octanol–water partition coefficient (Wildman–Crippen LogP) is 2.68. The zero-order valence-electron chi connectivity index (χ0n) is 29.1. The van der Waals surface area contributed by atoms with Crippen molar-refractivity contribution in [3.05, 3.63) is 70.1 Å². The molecule has 2 aromatic carbocycles. The third kappa shape index (κ3) is 8.79. The van der Waals surface area contributed by atoms with E-state index in [0.717, 1.165) is 12.1 Å². The fourth-order valence-corrected chi connectivity index (χ4v) is 5.93. The van der Waals surface area contributed by atoms with Gasteiger partial charge in [-0.1, -0.05) is 26.7 Å². The molecule has 1 aliphatic heterocycles. The summed E-state index contributed by atoms with van der Waals surface area (Å²) >= 11 is 0. The Balaban J connectivity index is 1.29. The number of benzene rings is 2. The average Bonchev–Trinajstić information content (AvgIpc) is 3.06. The normalized spacial score (nSPS) is 18.9. The van der Waals surface area contributed by atoms with E-state index < -0.39 is 46.6 Å². The molecule has 0 saturated carbocycles.